The zero-order chi connectivity index (χ0) is 15.5. The normalized spacial score (nSPS) is 19.4. The summed E-state index contributed by atoms with van der Waals surface area (Å²) in [6.07, 6.45) is 1.94. The lowest BCUT2D eigenvalue weighted by atomic mass is 10.0. The van der Waals surface area contributed by atoms with Crippen molar-refractivity contribution in [1.82, 2.24) is 9.80 Å². The fraction of sp³-hybridized carbons (Fsp3) is 0.529. The predicted octanol–water partition coefficient (Wildman–Crippen LogP) is 1.98. The first-order valence-corrected chi connectivity index (χ1v) is 7.90. The van der Waals surface area contributed by atoms with Crippen LogP contribution in [-0.4, -0.2) is 54.1 Å². The van der Waals surface area contributed by atoms with Crippen LogP contribution in [0, 0.1) is 6.92 Å². The number of benzene rings is 1. The van der Waals surface area contributed by atoms with Gasteiger partial charge in [-0.3, -0.25) is 4.79 Å². The summed E-state index contributed by atoms with van der Waals surface area (Å²) in [5.41, 5.74) is 2.24. The Bertz CT molecular complexity index is 565. The van der Waals surface area contributed by atoms with Crippen molar-refractivity contribution in [2.75, 3.05) is 26.2 Å². The molecule has 2 amide bonds. The Hall–Kier alpha value is -2.04. The van der Waals surface area contributed by atoms with Crippen LogP contribution >= 0.6 is 0 Å². The Morgan fingerprint density at radius 1 is 1.27 bits per heavy atom. The number of hydrogen-bond donors (Lipinski definition) is 0. The highest BCUT2D eigenvalue weighted by Gasteiger charge is 2.33. The van der Waals surface area contributed by atoms with Crippen molar-refractivity contribution >= 4 is 12.0 Å². The number of carbonyl (C=O) groups excluding carboxylic acids is 2. The summed E-state index contributed by atoms with van der Waals surface area (Å²) in [4.78, 5) is 27.7. The SMILES string of the molecule is Cc1cccc(CC(=O)N2CCC(N3CCOC3=O)CC2)c1. The summed E-state index contributed by atoms with van der Waals surface area (Å²) in [6.45, 7) is 4.65. The maximum absolute atomic E-state index is 12.4. The van der Waals surface area contributed by atoms with Crippen LogP contribution in [0.4, 0.5) is 4.79 Å². The van der Waals surface area contributed by atoms with Crippen molar-refractivity contribution in [2.45, 2.75) is 32.2 Å². The van der Waals surface area contributed by atoms with E-state index >= 15 is 0 Å². The maximum Gasteiger partial charge on any atom is 0.410 e. The van der Waals surface area contributed by atoms with Gasteiger partial charge in [-0.2, -0.15) is 0 Å². The predicted molar refractivity (Wildman–Crippen MR) is 82.5 cm³/mol. The van der Waals surface area contributed by atoms with Gasteiger partial charge in [0.1, 0.15) is 6.61 Å². The number of carbonyl (C=O) groups is 2. The molecule has 0 N–H and O–H groups in total. The van der Waals surface area contributed by atoms with E-state index in [1.165, 1.54) is 5.56 Å². The molecular weight excluding hydrogens is 280 g/mol. The average Bonchev–Trinajstić information content (AvgIpc) is 2.93. The molecule has 2 aliphatic heterocycles. The summed E-state index contributed by atoms with van der Waals surface area (Å²) < 4.78 is 4.99. The van der Waals surface area contributed by atoms with Gasteiger partial charge in [0.05, 0.1) is 13.0 Å². The van der Waals surface area contributed by atoms with E-state index in [-0.39, 0.29) is 18.0 Å². The number of nitrogens with zero attached hydrogens (tertiary/aromatic N) is 2. The minimum atomic E-state index is -0.204. The zero-order valence-corrected chi connectivity index (χ0v) is 13.0. The molecule has 0 saturated carbocycles. The van der Waals surface area contributed by atoms with Gasteiger partial charge >= 0.3 is 6.09 Å². The number of hydrogen-bond acceptors (Lipinski definition) is 3. The van der Waals surface area contributed by atoms with Crippen LogP contribution in [0.2, 0.25) is 0 Å². The number of amides is 2. The molecule has 0 atom stereocenters. The van der Waals surface area contributed by atoms with Gasteiger partial charge in [-0.05, 0) is 25.3 Å². The number of likely N-dealkylation sites (tertiary alicyclic amines) is 1. The molecule has 5 nitrogen and oxygen atoms in total. The maximum atomic E-state index is 12.4. The van der Waals surface area contributed by atoms with E-state index in [1.54, 1.807) is 0 Å². The molecule has 0 bridgehead atoms. The first-order valence-electron chi connectivity index (χ1n) is 7.90. The molecule has 0 aliphatic carbocycles. The van der Waals surface area contributed by atoms with Gasteiger partial charge in [0.25, 0.3) is 0 Å². The van der Waals surface area contributed by atoms with Crippen molar-refractivity contribution in [1.29, 1.82) is 0 Å². The van der Waals surface area contributed by atoms with Gasteiger partial charge < -0.3 is 14.5 Å². The summed E-state index contributed by atoms with van der Waals surface area (Å²) >= 11 is 0. The molecule has 1 aromatic carbocycles. The Balaban J connectivity index is 1.52. The number of rotatable bonds is 3. The monoisotopic (exact) mass is 302 g/mol. The Morgan fingerprint density at radius 3 is 2.68 bits per heavy atom. The van der Waals surface area contributed by atoms with Crippen molar-refractivity contribution < 1.29 is 14.3 Å². The Kier molecular flexibility index (Phi) is 4.32. The minimum Gasteiger partial charge on any atom is -0.448 e. The molecule has 5 heteroatoms. The van der Waals surface area contributed by atoms with E-state index in [9.17, 15) is 9.59 Å². The number of aryl methyl sites for hydroxylation is 1. The quantitative estimate of drug-likeness (QED) is 0.858. The fourth-order valence-corrected chi connectivity index (χ4v) is 3.27. The van der Waals surface area contributed by atoms with Crippen LogP contribution in [-0.2, 0) is 16.0 Å². The third-order valence-corrected chi connectivity index (χ3v) is 4.49. The first-order chi connectivity index (χ1) is 10.6. The van der Waals surface area contributed by atoms with Gasteiger partial charge in [0.2, 0.25) is 5.91 Å². The minimum absolute atomic E-state index is 0.174. The Labute approximate surface area is 130 Å². The zero-order valence-electron chi connectivity index (χ0n) is 13.0. The summed E-state index contributed by atoms with van der Waals surface area (Å²) in [5, 5.41) is 0. The second-order valence-corrected chi connectivity index (χ2v) is 6.09. The number of cyclic esters (lactones) is 1. The molecule has 2 saturated heterocycles. The van der Waals surface area contributed by atoms with Crippen molar-refractivity contribution in [3.8, 4) is 0 Å². The molecule has 2 aliphatic rings. The lowest BCUT2D eigenvalue weighted by Gasteiger charge is -2.35. The third-order valence-electron chi connectivity index (χ3n) is 4.49. The molecular formula is C17H22N2O3. The standard InChI is InChI=1S/C17H22N2O3/c1-13-3-2-4-14(11-13)12-16(20)18-7-5-15(6-8-18)19-9-10-22-17(19)21/h2-4,11,15H,5-10,12H2,1H3. The van der Waals surface area contributed by atoms with Crippen LogP contribution in [0.25, 0.3) is 0 Å². The van der Waals surface area contributed by atoms with Crippen molar-refractivity contribution in [3.05, 3.63) is 35.4 Å². The molecule has 0 spiro atoms. The second-order valence-electron chi connectivity index (χ2n) is 6.09. The van der Waals surface area contributed by atoms with E-state index in [2.05, 4.69) is 6.07 Å². The van der Waals surface area contributed by atoms with E-state index < -0.39 is 0 Å². The van der Waals surface area contributed by atoms with Crippen LogP contribution < -0.4 is 0 Å². The van der Waals surface area contributed by atoms with Gasteiger partial charge in [-0.15, -0.1) is 0 Å². The lowest BCUT2D eigenvalue weighted by Crippen LogP contribution is -2.47. The lowest BCUT2D eigenvalue weighted by molar-refractivity contribution is -0.131. The highest BCUT2D eigenvalue weighted by Crippen LogP contribution is 2.20. The fourth-order valence-electron chi connectivity index (χ4n) is 3.27. The van der Waals surface area contributed by atoms with Crippen LogP contribution in [0.3, 0.4) is 0 Å². The summed E-state index contributed by atoms with van der Waals surface area (Å²) in [6, 6.07) is 8.30. The molecule has 2 fully saturated rings. The third kappa shape index (κ3) is 3.24. The van der Waals surface area contributed by atoms with Gasteiger partial charge in [-0.25, -0.2) is 4.79 Å². The molecule has 1 aromatic rings. The number of piperidine rings is 1. The van der Waals surface area contributed by atoms with Crippen LogP contribution in [0.5, 0.6) is 0 Å². The highest BCUT2D eigenvalue weighted by molar-refractivity contribution is 5.79. The Morgan fingerprint density at radius 2 is 2.05 bits per heavy atom. The largest absolute Gasteiger partial charge is 0.448 e. The molecule has 3 rings (SSSR count). The van der Waals surface area contributed by atoms with E-state index in [0.29, 0.717) is 19.6 Å². The topological polar surface area (TPSA) is 49.9 Å². The molecule has 0 aromatic heterocycles. The smallest absolute Gasteiger partial charge is 0.410 e. The van der Waals surface area contributed by atoms with E-state index in [4.69, 9.17) is 4.74 Å². The van der Waals surface area contributed by atoms with Crippen LogP contribution in [0.15, 0.2) is 24.3 Å². The van der Waals surface area contributed by atoms with Crippen molar-refractivity contribution in [2.24, 2.45) is 0 Å². The van der Waals surface area contributed by atoms with Gasteiger partial charge in [0, 0.05) is 19.1 Å². The molecule has 0 unspecified atom stereocenters. The molecule has 2 heterocycles. The van der Waals surface area contributed by atoms with E-state index in [1.807, 2.05) is 34.9 Å². The molecule has 0 radical (unpaired) electrons. The second kappa shape index (κ2) is 6.38. The van der Waals surface area contributed by atoms with E-state index in [0.717, 1.165) is 31.5 Å². The first kappa shape index (κ1) is 14.9. The van der Waals surface area contributed by atoms with Crippen LogP contribution in [0.1, 0.15) is 24.0 Å². The average molecular weight is 302 g/mol. The number of ether oxygens (including phenoxy) is 1. The van der Waals surface area contributed by atoms with Gasteiger partial charge in [-0.1, -0.05) is 29.8 Å². The highest BCUT2D eigenvalue weighted by atomic mass is 16.6. The van der Waals surface area contributed by atoms with Crippen molar-refractivity contribution in [3.63, 3.8) is 0 Å². The van der Waals surface area contributed by atoms with Gasteiger partial charge in [0.15, 0.2) is 0 Å². The summed E-state index contributed by atoms with van der Waals surface area (Å²) in [5.74, 6) is 0.174. The summed E-state index contributed by atoms with van der Waals surface area (Å²) in [7, 11) is 0. The molecule has 22 heavy (non-hydrogen) atoms. The molecule has 118 valence electrons.